The highest BCUT2D eigenvalue weighted by atomic mass is 19.1. The smallest absolute Gasteiger partial charge is 0.338 e. The van der Waals surface area contributed by atoms with Crippen molar-refractivity contribution in [2.45, 2.75) is 90.2 Å². The molecular weight excluding hydrogens is 555 g/mol. The van der Waals surface area contributed by atoms with Gasteiger partial charge in [-0.3, -0.25) is 9.59 Å². The van der Waals surface area contributed by atoms with Crippen LogP contribution < -0.4 is 0 Å². The highest BCUT2D eigenvalue weighted by molar-refractivity contribution is 6.01. The molecule has 2 N–H and O–H groups in total. The number of alkyl halides is 1. The average Bonchev–Trinajstić information content (AvgIpc) is 3.13. The number of aliphatic hydroxyl groups is 2. The largest absolute Gasteiger partial charge is 0.456 e. The summed E-state index contributed by atoms with van der Waals surface area (Å²) in [4.78, 5) is 50.8. The SMILES string of the molecule is C[C@@H]1C[C@H]2[C@@H]3CCC4=CC(=O)C=C[C@]4(C)[C@@]3(F)[C@@H](O)C[C@]2(C)[C@@]1(O)C(=O)COC(=O)c1ccc(C(=O)OC(C)(C)C)cc1. The van der Waals surface area contributed by atoms with E-state index in [1.165, 1.54) is 36.4 Å². The number of carbonyl (C=O) groups excluding carboxylic acids is 4. The Morgan fingerprint density at radius 1 is 1.05 bits per heavy atom. The van der Waals surface area contributed by atoms with Gasteiger partial charge in [0.15, 0.2) is 18.1 Å². The summed E-state index contributed by atoms with van der Waals surface area (Å²) in [6.07, 6.45) is 3.94. The lowest BCUT2D eigenvalue weighted by Gasteiger charge is -2.62. The molecule has 43 heavy (non-hydrogen) atoms. The second-order valence-corrected chi connectivity index (χ2v) is 14.2. The molecule has 0 heterocycles. The summed E-state index contributed by atoms with van der Waals surface area (Å²) in [7, 11) is 0. The van der Waals surface area contributed by atoms with E-state index >= 15 is 4.39 Å². The highest BCUT2D eigenvalue weighted by Crippen LogP contribution is 2.70. The van der Waals surface area contributed by atoms with Crippen LogP contribution in [0.15, 0.2) is 48.1 Å². The molecule has 3 saturated carbocycles. The first-order valence-corrected chi connectivity index (χ1v) is 15.0. The summed E-state index contributed by atoms with van der Waals surface area (Å²) in [5, 5.41) is 23.6. The lowest BCUT2D eigenvalue weighted by molar-refractivity contribution is -0.219. The Kier molecular flexibility index (Phi) is 7.41. The lowest BCUT2D eigenvalue weighted by Crippen LogP contribution is -2.69. The third-order valence-corrected chi connectivity index (χ3v) is 10.7. The number of hydrogen-bond acceptors (Lipinski definition) is 8. The minimum Gasteiger partial charge on any atom is -0.456 e. The van der Waals surface area contributed by atoms with Crippen molar-refractivity contribution in [3.8, 4) is 0 Å². The van der Waals surface area contributed by atoms with E-state index in [0.717, 1.165) is 0 Å². The maximum absolute atomic E-state index is 17.3. The Morgan fingerprint density at radius 3 is 2.26 bits per heavy atom. The molecule has 4 aliphatic carbocycles. The summed E-state index contributed by atoms with van der Waals surface area (Å²) in [6, 6.07) is 5.66. The van der Waals surface area contributed by atoms with E-state index in [2.05, 4.69) is 0 Å². The monoisotopic (exact) mass is 596 g/mol. The van der Waals surface area contributed by atoms with Crippen LogP contribution in [0.5, 0.6) is 0 Å². The molecule has 8 nitrogen and oxygen atoms in total. The summed E-state index contributed by atoms with van der Waals surface area (Å²) in [6.45, 7) is 9.72. The molecule has 232 valence electrons. The number of rotatable bonds is 5. The first kappa shape index (κ1) is 31.3. The maximum atomic E-state index is 17.3. The molecule has 0 aliphatic heterocycles. The molecule has 0 radical (unpaired) electrons. The number of ether oxygens (including phenoxy) is 2. The van der Waals surface area contributed by atoms with E-state index in [1.807, 2.05) is 0 Å². The van der Waals surface area contributed by atoms with E-state index < -0.39 is 75.9 Å². The molecule has 0 saturated heterocycles. The maximum Gasteiger partial charge on any atom is 0.338 e. The number of fused-ring (bicyclic) bond motifs is 5. The van der Waals surface area contributed by atoms with Gasteiger partial charge >= 0.3 is 11.9 Å². The van der Waals surface area contributed by atoms with E-state index in [9.17, 15) is 29.4 Å². The van der Waals surface area contributed by atoms with Crippen LogP contribution in [0.25, 0.3) is 0 Å². The van der Waals surface area contributed by atoms with Gasteiger partial charge in [0, 0.05) is 16.7 Å². The van der Waals surface area contributed by atoms with Crippen LogP contribution in [0.1, 0.15) is 87.9 Å². The van der Waals surface area contributed by atoms with Gasteiger partial charge in [-0.15, -0.1) is 0 Å². The first-order valence-electron chi connectivity index (χ1n) is 15.0. The third-order valence-electron chi connectivity index (χ3n) is 10.7. The van der Waals surface area contributed by atoms with Crippen molar-refractivity contribution in [2.24, 2.45) is 28.6 Å². The van der Waals surface area contributed by atoms with Crippen LogP contribution in [0.3, 0.4) is 0 Å². The van der Waals surface area contributed by atoms with Gasteiger partial charge in [-0.05, 0) is 102 Å². The zero-order chi connectivity index (χ0) is 31.8. The van der Waals surface area contributed by atoms with Crippen LogP contribution in [0.4, 0.5) is 4.39 Å². The quantitative estimate of drug-likeness (QED) is 0.468. The predicted octanol–water partition coefficient (Wildman–Crippen LogP) is 4.72. The lowest BCUT2D eigenvalue weighted by atomic mass is 9.44. The van der Waals surface area contributed by atoms with Gasteiger partial charge in [-0.2, -0.15) is 0 Å². The predicted molar refractivity (Wildman–Crippen MR) is 155 cm³/mol. The normalized spacial score (nSPS) is 38.3. The molecule has 1 aromatic carbocycles. The third kappa shape index (κ3) is 4.62. The number of aliphatic hydroxyl groups excluding tert-OH is 1. The summed E-state index contributed by atoms with van der Waals surface area (Å²) < 4.78 is 28.0. The zero-order valence-electron chi connectivity index (χ0n) is 25.6. The topological polar surface area (TPSA) is 127 Å². The fraction of sp³-hybridized carbons (Fsp3) is 0.588. The Balaban J connectivity index is 1.33. The number of benzene rings is 1. The molecule has 4 aliphatic rings. The minimum atomic E-state index is -2.08. The summed E-state index contributed by atoms with van der Waals surface area (Å²) >= 11 is 0. The van der Waals surface area contributed by atoms with Crippen LogP contribution in [-0.2, 0) is 19.1 Å². The molecule has 0 amide bonds. The van der Waals surface area contributed by atoms with Gasteiger partial charge in [0.25, 0.3) is 0 Å². The summed E-state index contributed by atoms with van der Waals surface area (Å²) in [5.41, 5.74) is -6.03. The number of Topliss-reactive ketones (excluding diaryl/α,β-unsaturated/α-hetero) is 1. The summed E-state index contributed by atoms with van der Waals surface area (Å²) in [5.74, 6) is -3.90. The van der Waals surface area contributed by atoms with Crippen molar-refractivity contribution in [1.29, 1.82) is 0 Å². The van der Waals surface area contributed by atoms with Crippen LogP contribution in [-0.4, -0.2) is 63.3 Å². The molecule has 3 fully saturated rings. The van der Waals surface area contributed by atoms with E-state index in [1.54, 1.807) is 47.6 Å². The van der Waals surface area contributed by atoms with Crippen LogP contribution in [0, 0.1) is 28.6 Å². The van der Waals surface area contributed by atoms with Crippen molar-refractivity contribution >= 4 is 23.5 Å². The Labute approximate surface area is 251 Å². The van der Waals surface area contributed by atoms with Crippen molar-refractivity contribution < 1.29 is 43.3 Å². The van der Waals surface area contributed by atoms with E-state index in [-0.39, 0.29) is 23.3 Å². The van der Waals surface area contributed by atoms with Crippen LogP contribution >= 0.6 is 0 Å². The van der Waals surface area contributed by atoms with Crippen molar-refractivity contribution in [1.82, 2.24) is 0 Å². The second-order valence-electron chi connectivity index (χ2n) is 14.2. The number of ketones is 2. The van der Waals surface area contributed by atoms with Gasteiger partial charge in [0.05, 0.1) is 17.2 Å². The number of esters is 2. The minimum absolute atomic E-state index is 0.115. The molecule has 1 aromatic rings. The molecule has 5 rings (SSSR count). The Hall–Kier alpha value is -3.17. The van der Waals surface area contributed by atoms with Gasteiger partial charge in [-0.25, -0.2) is 14.0 Å². The fourth-order valence-corrected chi connectivity index (χ4v) is 8.54. The van der Waals surface area contributed by atoms with Crippen molar-refractivity contribution in [3.05, 3.63) is 59.2 Å². The average molecular weight is 597 g/mol. The molecule has 0 aromatic heterocycles. The molecule has 0 bridgehead atoms. The highest BCUT2D eigenvalue weighted by Gasteiger charge is 2.75. The first-order chi connectivity index (χ1) is 19.9. The van der Waals surface area contributed by atoms with Gasteiger partial charge in [0.2, 0.25) is 5.78 Å². The molecular formula is C34H41FO8. The van der Waals surface area contributed by atoms with E-state index in [4.69, 9.17) is 9.47 Å². The van der Waals surface area contributed by atoms with Gasteiger partial charge in [0.1, 0.15) is 11.2 Å². The van der Waals surface area contributed by atoms with Crippen molar-refractivity contribution in [3.63, 3.8) is 0 Å². The number of hydrogen-bond donors (Lipinski definition) is 2. The Morgan fingerprint density at radius 2 is 1.65 bits per heavy atom. The zero-order valence-corrected chi connectivity index (χ0v) is 25.6. The van der Waals surface area contributed by atoms with Gasteiger partial charge in [-0.1, -0.05) is 25.5 Å². The molecule has 0 spiro atoms. The van der Waals surface area contributed by atoms with Crippen LogP contribution in [0.2, 0.25) is 0 Å². The molecule has 9 heteroatoms. The standard InChI is InChI=1S/C34H41FO8/c1-19-15-25-24-12-11-22-16-23(36)13-14-31(22,5)33(24,35)26(37)17-32(25,6)34(19,41)27(38)18-42-28(39)20-7-9-21(10-8-20)29(40)43-30(2,3)4/h7-10,13-14,16,19,24-26,37,41H,11-12,15,17-18H2,1-6H3/t19-,24+,25+,26+,31+,32+,33+,34+/m1/s1. The molecule has 8 atom stereocenters. The Bertz CT molecular complexity index is 1420. The number of halogens is 1. The van der Waals surface area contributed by atoms with E-state index in [0.29, 0.717) is 24.8 Å². The molecule has 0 unspecified atom stereocenters. The fourth-order valence-electron chi connectivity index (χ4n) is 8.54. The number of allylic oxidation sites excluding steroid dienone is 4. The van der Waals surface area contributed by atoms with Crippen molar-refractivity contribution in [2.75, 3.05) is 6.61 Å². The number of carbonyl (C=O) groups is 4. The second kappa shape index (κ2) is 10.2. The van der Waals surface area contributed by atoms with Gasteiger partial charge < -0.3 is 19.7 Å².